The van der Waals surface area contributed by atoms with Crippen LogP contribution in [0, 0.1) is 19.3 Å². The Morgan fingerprint density at radius 1 is 0.812 bits per heavy atom. The number of β-amino-alcohol motifs (C(OH)–C–C–N with tert-alkyl or cyclic N) is 1. The number of hydrogen-bond donors (Lipinski definition) is 4. The van der Waals surface area contributed by atoms with Crippen LogP contribution in [0.5, 0.6) is 5.75 Å². The Balaban J connectivity index is 0.762. The zero-order valence-corrected chi connectivity index (χ0v) is 51.1. The predicted molar refractivity (Wildman–Crippen MR) is 334 cm³/mol. The van der Waals surface area contributed by atoms with Gasteiger partial charge in [-0.1, -0.05) is 117 Å². The van der Waals surface area contributed by atoms with Gasteiger partial charge in [0.2, 0.25) is 17.7 Å². The lowest BCUT2D eigenvalue weighted by atomic mass is 9.85. The number of aromatic nitrogens is 3. The second-order valence-electron chi connectivity index (χ2n) is 24.0. The molecule has 16 nitrogen and oxygen atoms in total. The number of nitrogens with zero attached hydrogens (tertiary/aromatic N) is 5. The summed E-state index contributed by atoms with van der Waals surface area (Å²) in [5.74, 6) is -0.690. The summed E-state index contributed by atoms with van der Waals surface area (Å²) in [6.45, 7) is 18.1. The molecule has 0 bridgehead atoms. The number of hydrogen-bond acceptors (Lipinski definition) is 14. The largest absolute Gasteiger partial charge is 0.489 e. The van der Waals surface area contributed by atoms with Crippen molar-refractivity contribution in [1.29, 1.82) is 0 Å². The molecule has 4 N–H and O–H groups in total. The van der Waals surface area contributed by atoms with E-state index in [4.69, 9.17) is 14.5 Å². The highest BCUT2D eigenvalue weighted by Gasteiger charge is 2.45. The first-order valence-corrected chi connectivity index (χ1v) is 30.4. The van der Waals surface area contributed by atoms with E-state index in [1.807, 2.05) is 183 Å². The molecule has 18 heteroatoms. The topological polar surface area (TPSA) is 205 Å². The van der Waals surface area contributed by atoms with E-state index < -0.39 is 41.1 Å². The molecule has 5 heterocycles. The van der Waals surface area contributed by atoms with E-state index in [0.29, 0.717) is 53.8 Å². The molecule has 0 unspecified atom stereocenters. The Bertz CT molecular complexity index is 3760. The van der Waals surface area contributed by atoms with Gasteiger partial charge in [0.05, 0.1) is 38.4 Å². The number of esters is 1. The minimum absolute atomic E-state index is 0.0199. The minimum Gasteiger partial charge on any atom is -0.489 e. The third-order valence-electron chi connectivity index (χ3n) is 15.5. The Morgan fingerprint density at radius 2 is 1.55 bits per heavy atom. The molecule has 2 aliphatic heterocycles. The fourth-order valence-electron chi connectivity index (χ4n) is 10.9. The summed E-state index contributed by atoms with van der Waals surface area (Å²) in [7, 11) is 0. The lowest BCUT2D eigenvalue weighted by Crippen LogP contribution is -2.57. The molecule has 85 heavy (non-hydrogen) atoms. The second kappa shape index (κ2) is 25.1. The number of likely N-dealkylation sites (tertiary alicyclic amines) is 1. The number of ether oxygens (including phenoxy) is 2. The van der Waals surface area contributed by atoms with E-state index in [-0.39, 0.29) is 55.5 Å². The summed E-state index contributed by atoms with van der Waals surface area (Å²) in [5.41, 5.74) is 10.7. The van der Waals surface area contributed by atoms with Crippen LogP contribution in [-0.4, -0.2) is 91.4 Å². The molecule has 4 amide bonds. The number of aliphatic hydroxyl groups is 1. The van der Waals surface area contributed by atoms with Gasteiger partial charge in [-0.05, 0) is 141 Å². The van der Waals surface area contributed by atoms with Crippen LogP contribution < -0.4 is 25.6 Å². The first-order valence-electron chi connectivity index (χ1n) is 28.7. The molecule has 10 rings (SSSR count). The van der Waals surface area contributed by atoms with Gasteiger partial charge >= 0.3 is 5.97 Å². The maximum atomic E-state index is 14.3. The third kappa shape index (κ3) is 13.9. The smallest absolute Gasteiger partial charge is 0.358 e. The number of aliphatic hydroxyl groups excluding tert-OH is 1. The van der Waals surface area contributed by atoms with Crippen molar-refractivity contribution in [3.05, 3.63) is 177 Å². The third-order valence-corrected chi connectivity index (χ3v) is 17.5. The number of benzene rings is 5. The Kier molecular flexibility index (Phi) is 17.7. The van der Waals surface area contributed by atoms with Crippen molar-refractivity contribution in [3.8, 4) is 27.3 Å². The molecular weight excluding hydrogens is 1110 g/mol. The zero-order chi connectivity index (χ0) is 60.3. The van der Waals surface area contributed by atoms with E-state index in [1.54, 1.807) is 11.3 Å². The highest BCUT2D eigenvalue weighted by molar-refractivity contribution is 7.22. The van der Waals surface area contributed by atoms with Gasteiger partial charge in [-0.2, -0.15) is 0 Å². The first-order chi connectivity index (χ1) is 40.6. The van der Waals surface area contributed by atoms with Gasteiger partial charge in [0.25, 0.3) is 5.91 Å². The van der Waals surface area contributed by atoms with Gasteiger partial charge in [0.1, 0.15) is 35.9 Å². The number of thiazole rings is 2. The van der Waals surface area contributed by atoms with Gasteiger partial charge in [-0.3, -0.25) is 24.5 Å². The number of fused-ring (bicyclic) bond motifs is 2. The first kappa shape index (κ1) is 59.8. The van der Waals surface area contributed by atoms with Crippen molar-refractivity contribution in [2.24, 2.45) is 5.41 Å². The summed E-state index contributed by atoms with van der Waals surface area (Å²) in [5, 5.41) is 20.4. The molecule has 0 aliphatic carbocycles. The van der Waals surface area contributed by atoms with Crippen LogP contribution in [0.4, 0.5) is 10.9 Å². The van der Waals surface area contributed by atoms with E-state index in [0.717, 1.165) is 65.3 Å². The molecular formula is C67H72N8O8S2. The fourth-order valence-corrected chi connectivity index (χ4v) is 12.6. The molecule has 0 spiro atoms. The summed E-state index contributed by atoms with van der Waals surface area (Å²) < 4.78 is 13.4. The molecule has 5 aromatic carbocycles. The van der Waals surface area contributed by atoms with Gasteiger partial charge in [0, 0.05) is 43.6 Å². The standard InChI is InChI=1S/C67H72N8O8S2/c1-39-48(49-29-30-56(71-58(49)64(81)83-67(7,8)9)74-33-32-45-14-12-16-50(51(45)36-74)61(78)73-65-70-52-17-10-11-19-55(52)85-65)15-13-18-54(39)82-37-43-22-20-42(21-23-43)24-31-57(77)72-60(66(4,5)6)63(80)75-35-47(76)34-53(75)62(79)69-40(2)44-25-27-46(28-26-44)59-41(3)68-38-84-59/h10-23,25-30,38,40,47,53,60,76H,24,31-37H2,1-9H3,(H,69,79)(H,72,77)(H,70,73,78)/t40-,47+,53-,60+/m0/s1. The number of rotatable bonds is 17. The monoisotopic (exact) mass is 1180 g/mol. The highest BCUT2D eigenvalue weighted by atomic mass is 32.1. The number of aryl methyl sites for hydroxylation is 2. The van der Waals surface area contributed by atoms with Crippen LogP contribution in [0.1, 0.15) is 127 Å². The minimum atomic E-state index is -0.950. The van der Waals surface area contributed by atoms with Crippen molar-refractivity contribution in [3.63, 3.8) is 0 Å². The average Bonchev–Trinajstić information content (AvgIpc) is 2.64. The maximum absolute atomic E-state index is 14.3. The predicted octanol–water partition coefficient (Wildman–Crippen LogP) is 11.8. The van der Waals surface area contributed by atoms with Crippen LogP contribution in [0.2, 0.25) is 0 Å². The fraction of sp³-hybridized carbons (Fsp3) is 0.343. The Labute approximate surface area is 504 Å². The molecule has 8 aromatic rings. The van der Waals surface area contributed by atoms with E-state index >= 15 is 0 Å². The second-order valence-corrected chi connectivity index (χ2v) is 25.9. The zero-order valence-electron chi connectivity index (χ0n) is 49.4. The van der Waals surface area contributed by atoms with Crippen LogP contribution >= 0.6 is 22.7 Å². The number of carbonyl (C=O) groups is 5. The van der Waals surface area contributed by atoms with Crippen molar-refractivity contribution < 1.29 is 38.6 Å². The summed E-state index contributed by atoms with van der Waals surface area (Å²) in [4.78, 5) is 88.4. The average molecular weight is 1180 g/mol. The van der Waals surface area contributed by atoms with Crippen LogP contribution in [0.3, 0.4) is 0 Å². The molecule has 440 valence electrons. The SMILES string of the molecule is Cc1ncsc1-c1ccc([C@H](C)NC(=O)[C@@H]2C[C@@H](O)CN2C(=O)[C@@H](NC(=O)CCc2ccc(COc3cccc(-c4ccc(N5CCc6cccc(C(=O)Nc7nc8ccccc8s7)c6C5)nc4C(=O)OC(C)(C)C)c3C)cc2)C(C)(C)C)cc1. The normalized spacial score (nSPS) is 15.9. The number of nitrogens with one attached hydrogen (secondary N) is 3. The Hall–Kier alpha value is -8.32. The molecule has 1 fully saturated rings. The number of pyridine rings is 1. The quantitative estimate of drug-likeness (QED) is 0.0629. The van der Waals surface area contributed by atoms with E-state index in [2.05, 4.69) is 36.9 Å². The van der Waals surface area contributed by atoms with Crippen LogP contribution in [0.25, 0.3) is 31.8 Å². The van der Waals surface area contributed by atoms with E-state index in [9.17, 15) is 29.1 Å². The molecule has 2 aliphatic rings. The number of para-hydroxylation sites is 1. The number of carbonyl (C=O) groups excluding carboxylic acids is 5. The van der Waals surface area contributed by atoms with Gasteiger partial charge in [-0.15, -0.1) is 11.3 Å². The lowest BCUT2D eigenvalue weighted by molar-refractivity contribution is -0.144. The van der Waals surface area contributed by atoms with Crippen molar-refractivity contribution in [2.75, 3.05) is 23.3 Å². The summed E-state index contributed by atoms with van der Waals surface area (Å²) >= 11 is 3.00. The number of anilines is 2. The summed E-state index contributed by atoms with van der Waals surface area (Å²) in [6.07, 6.45) is 0.405. The van der Waals surface area contributed by atoms with Crippen molar-refractivity contribution in [2.45, 2.75) is 131 Å². The van der Waals surface area contributed by atoms with Crippen molar-refractivity contribution in [1.82, 2.24) is 30.5 Å². The van der Waals surface area contributed by atoms with Crippen LogP contribution in [0.15, 0.2) is 127 Å². The molecule has 0 saturated carbocycles. The molecule has 0 radical (unpaired) electrons. The summed E-state index contributed by atoms with van der Waals surface area (Å²) in [6, 6.07) is 36.6. The highest BCUT2D eigenvalue weighted by Crippen LogP contribution is 2.37. The molecule has 3 aromatic heterocycles. The maximum Gasteiger partial charge on any atom is 0.358 e. The lowest BCUT2D eigenvalue weighted by Gasteiger charge is -2.35. The van der Waals surface area contributed by atoms with Gasteiger partial charge in [-0.25, -0.2) is 19.7 Å². The van der Waals surface area contributed by atoms with Crippen molar-refractivity contribution >= 4 is 73.4 Å². The Morgan fingerprint density at radius 3 is 2.27 bits per heavy atom. The van der Waals surface area contributed by atoms with Crippen LogP contribution in [-0.2, 0) is 45.1 Å². The van der Waals surface area contributed by atoms with Gasteiger partial charge < -0.3 is 35.0 Å². The van der Waals surface area contributed by atoms with E-state index in [1.165, 1.54) is 16.2 Å². The van der Waals surface area contributed by atoms with Gasteiger partial charge in [0.15, 0.2) is 10.8 Å². The molecule has 4 atom stereocenters. The number of amides is 4. The molecule has 1 saturated heterocycles.